The third-order valence-corrected chi connectivity index (χ3v) is 4.33. The second-order valence-corrected chi connectivity index (χ2v) is 6.42. The summed E-state index contributed by atoms with van der Waals surface area (Å²) in [6.07, 6.45) is 1.72. The molecule has 2 rings (SSSR count). The van der Waals surface area contributed by atoms with Crippen LogP contribution in [0.2, 0.25) is 0 Å². The Morgan fingerprint density at radius 3 is 2.54 bits per heavy atom. The van der Waals surface area contributed by atoms with Crippen molar-refractivity contribution in [3.8, 4) is 0 Å². The van der Waals surface area contributed by atoms with E-state index >= 15 is 0 Å². The fourth-order valence-electron chi connectivity index (χ4n) is 2.98. The molecule has 0 aliphatic rings. The van der Waals surface area contributed by atoms with E-state index in [-0.39, 0.29) is 11.9 Å². The third-order valence-electron chi connectivity index (χ3n) is 4.33. The van der Waals surface area contributed by atoms with Gasteiger partial charge in [-0.1, -0.05) is 29.4 Å². The standard InChI is InChI=1S/C19H27N3O2/c1-13-9-6-7-10-16(13)18(22(4)5)19(23)20-12-8-11-17-14(2)21-24-15(17)3/h6-7,9-10,18H,8,11-12H2,1-5H3,(H,20,23)/t18-/m1/s1. The van der Waals surface area contributed by atoms with Gasteiger partial charge in [0.25, 0.3) is 0 Å². The van der Waals surface area contributed by atoms with E-state index in [0.717, 1.165) is 41.0 Å². The molecule has 1 aromatic heterocycles. The molecule has 5 nitrogen and oxygen atoms in total. The predicted octanol–water partition coefficient (Wildman–Crippen LogP) is 2.95. The number of carbonyl (C=O) groups excluding carboxylic acids is 1. The highest BCUT2D eigenvalue weighted by atomic mass is 16.5. The minimum absolute atomic E-state index is 0.0352. The summed E-state index contributed by atoms with van der Waals surface area (Å²) in [5, 5.41) is 7.02. The largest absolute Gasteiger partial charge is 0.361 e. The van der Waals surface area contributed by atoms with Gasteiger partial charge < -0.3 is 9.84 Å². The van der Waals surface area contributed by atoms with Gasteiger partial charge in [-0.2, -0.15) is 0 Å². The van der Waals surface area contributed by atoms with Gasteiger partial charge in [0.1, 0.15) is 11.8 Å². The number of rotatable bonds is 7. The molecule has 0 spiro atoms. The minimum Gasteiger partial charge on any atom is -0.361 e. The number of hydrogen-bond acceptors (Lipinski definition) is 4. The summed E-state index contributed by atoms with van der Waals surface area (Å²) in [4.78, 5) is 14.6. The molecular formula is C19H27N3O2. The molecule has 1 aromatic carbocycles. The molecular weight excluding hydrogens is 302 g/mol. The van der Waals surface area contributed by atoms with Gasteiger partial charge in [0.15, 0.2) is 0 Å². The van der Waals surface area contributed by atoms with Crippen LogP contribution in [0, 0.1) is 20.8 Å². The molecule has 0 fully saturated rings. The van der Waals surface area contributed by atoms with Crippen molar-refractivity contribution in [2.75, 3.05) is 20.6 Å². The van der Waals surface area contributed by atoms with Crippen molar-refractivity contribution in [3.63, 3.8) is 0 Å². The van der Waals surface area contributed by atoms with Crippen LogP contribution in [0.15, 0.2) is 28.8 Å². The lowest BCUT2D eigenvalue weighted by molar-refractivity contribution is -0.125. The Morgan fingerprint density at radius 1 is 1.25 bits per heavy atom. The Bertz CT molecular complexity index is 672. The van der Waals surface area contributed by atoms with Crippen LogP contribution in [0.25, 0.3) is 0 Å². The van der Waals surface area contributed by atoms with Gasteiger partial charge in [-0.25, -0.2) is 0 Å². The van der Waals surface area contributed by atoms with Crippen LogP contribution in [-0.4, -0.2) is 36.6 Å². The summed E-state index contributed by atoms with van der Waals surface area (Å²) in [6.45, 7) is 6.55. The van der Waals surface area contributed by atoms with E-state index in [9.17, 15) is 4.79 Å². The normalized spacial score (nSPS) is 12.4. The quantitative estimate of drug-likeness (QED) is 0.794. The van der Waals surface area contributed by atoms with Crippen LogP contribution in [0.5, 0.6) is 0 Å². The Balaban J connectivity index is 1.93. The molecule has 130 valence electrons. The van der Waals surface area contributed by atoms with Crippen molar-refractivity contribution < 1.29 is 9.32 Å². The van der Waals surface area contributed by atoms with Gasteiger partial charge in [-0.15, -0.1) is 0 Å². The lowest BCUT2D eigenvalue weighted by Crippen LogP contribution is -2.37. The van der Waals surface area contributed by atoms with Gasteiger partial charge in [0, 0.05) is 12.1 Å². The number of nitrogens with one attached hydrogen (secondary N) is 1. The zero-order valence-corrected chi connectivity index (χ0v) is 15.2. The third kappa shape index (κ3) is 4.23. The second-order valence-electron chi connectivity index (χ2n) is 6.42. The van der Waals surface area contributed by atoms with Gasteiger partial charge >= 0.3 is 0 Å². The highest BCUT2D eigenvalue weighted by molar-refractivity contribution is 5.83. The Labute approximate surface area is 144 Å². The molecule has 0 saturated heterocycles. The molecule has 24 heavy (non-hydrogen) atoms. The average Bonchev–Trinajstić information content (AvgIpc) is 2.85. The first-order valence-electron chi connectivity index (χ1n) is 8.33. The first kappa shape index (κ1) is 18.2. The van der Waals surface area contributed by atoms with E-state index in [4.69, 9.17) is 4.52 Å². The lowest BCUT2D eigenvalue weighted by Gasteiger charge is -2.25. The van der Waals surface area contributed by atoms with Crippen molar-refractivity contribution in [3.05, 3.63) is 52.4 Å². The Kier molecular flexibility index (Phi) is 6.15. The van der Waals surface area contributed by atoms with Crippen molar-refractivity contribution in [1.29, 1.82) is 0 Å². The fraction of sp³-hybridized carbons (Fsp3) is 0.474. The van der Waals surface area contributed by atoms with Gasteiger partial charge in [-0.05, 0) is 58.8 Å². The van der Waals surface area contributed by atoms with Crippen molar-refractivity contribution in [2.24, 2.45) is 0 Å². The first-order chi connectivity index (χ1) is 11.4. The molecule has 1 N–H and O–H groups in total. The molecule has 1 atom stereocenters. The topological polar surface area (TPSA) is 58.4 Å². The molecule has 0 unspecified atom stereocenters. The number of hydrogen-bond donors (Lipinski definition) is 1. The highest BCUT2D eigenvalue weighted by Crippen LogP contribution is 2.22. The molecule has 2 aromatic rings. The van der Waals surface area contributed by atoms with E-state index in [1.807, 2.05) is 64.0 Å². The molecule has 0 bridgehead atoms. The number of aromatic nitrogens is 1. The maximum Gasteiger partial charge on any atom is 0.241 e. The van der Waals surface area contributed by atoms with Crippen LogP contribution in [0.1, 0.15) is 40.6 Å². The lowest BCUT2D eigenvalue weighted by atomic mass is 9.99. The summed E-state index contributed by atoms with van der Waals surface area (Å²) in [6, 6.07) is 7.75. The van der Waals surface area contributed by atoms with E-state index in [2.05, 4.69) is 10.5 Å². The first-order valence-corrected chi connectivity index (χ1v) is 8.33. The van der Waals surface area contributed by atoms with E-state index in [1.54, 1.807) is 0 Å². The van der Waals surface area contributed by atoms with Crippen LogP contribution in [0.3, 0.4) is 0 Å². The summed E-state index contributed by atoms with van der Waals surface area (Å²) in [5.74, 6) is 0.901. The summed E-state index contributed by atoms with van der Waals surface area (Å²) in [7, 11) is 3.86. The second kappa shape index (κ2) is 8.11. The van der Waals surface area contributed by atoms with Crippen LogP contribution >= 0.6 is 0 Å². The number of carbonyl (C=O) groups is 1. The zero-order chi connectivity index (χ0) is 17.7. The average molecular weight is 329 g/mol. The summed E-state index contributed by atoms with van der Waals surface area (Å²) >= 11 is 0. The van der Waals surface area contributed by atoms with Crippen LogP contribution in [-0.2, 0) is 11.2 Å². The molecule has 0 saturated carbocycles. The van der Waals surface area contributed by atoms with Crippen LogP contribution < -0.4 is 5.32 Å². The SMILES string of the molecule is Cc1ccccc1[C@H](C(=O)NCCCc1c(C)noc1C)N(C)C. The maximum absolute atomic E-state index is 12.6. The van der Waals surface area contributed by atoms with Crippen molar-refractivity contribution in [2.45, 2.75) is 39.7 Å². The number of nitrogens with zero attached hydrogens (tertiary/aromatic N) is 2. The highest BCUT2D eigenvalue weighted by Gasteiger charge is 2.23. The van der Waals surface area contributed by atoms with Gasteiger partial charge in [0.05, 0.1) is 5.69 Å². The molecule has 0 radical (unpaired) electrons. The Morgan fingerprint density at radius 2 is 1.96 bits per heavy atom. The van der Waals surface area contributed by atoms with Gasteiger partial charge in [0.2, 0.25) is 5.91 Å². The van der Waals surface area contributed by atoms with Crippen molar-refractivity contribution >= 4 is 5.91 Å². The smallest absolute Gasteiger partial charge is 0.241 e. The molecule has 0 aliphatic carbocycles. The number of aryl methyl sites for hydroxylation is 3. The molecule has 1 heterocycles. The molecule has 1 amide bonds. The zero-order valence-electron chi connectivity index (χ0n) is 15.2. The molecule has 5 heteroatoms. The summed E-state index contributed by atoms with van der Waals surface area (Å²) in [5.41, 5.74) is 4.25. The minimum atomic E-state index is -0.273. The number of likely N-dealkylation sites (N-methyl/N-ethyl adjacent to an activating group) is 1. The van der Waals surface area contributed by atoms with Gasteiger partial charge in [-0.3, -0.25) is 9.69 Å². The monoisotopic (exact) mass is 329 g/mol. The fourth-order valence-corrected chi connectivity index (χ4v) is 2.98. The number of benzene rings is 1. The van der Waals surface area contributed by atoms with E-state index < -0.39 is 0 Å². The van der Waals surface area contributed by atoms with Crippen molar-refractivity contribution in [1.82, 2.24) is 15.4 Å². The number of amides is 1. The van der Waals surface area contributed by atoms with Crippen LogP contribution in [0.4, 0.5) is 0 Å². The van der Waals surface area contributed by atoms with E-state index in [1.165, 1.54) is 0 Å². The predicted molar refractivity (Wildman–Crippen MR) is 94.9 cm³/mol. The maximum atomic E-state index is 12.6. The summed E-state index contributed by atoms with van der Waals surface area (Å²) < 4.78 is 5.17. The molecule has 0 aliphatic heterocycles. The Hall–Kier alpha value is -2.14. The van der Waals surface area contributed by atoms with E-state index in [0.29, 0.717) is 6.54 Å².